The molecule has 0 aromatic heterocycles. The van der Waals surface area contributed by atoms with Crippen LogP contribution in [0.5, 0.6) is 17.2 Å². The number of hydrogen-bond acceptors (Lipinski definition) is 3. The summed E-state index contributed by atoms with van der Waals surface area (Å²) < 4.78 is 12.0. The summed E-state index contributed by atoms with van der Waals surface area (Å²) in [4.78, 5) is 0. The molecule has 5 heteroatoms. The Morgan fingerprint density at radius 1 is 1.16 bits per heavy atom. The number of halogens is 2. The summed E-state index contributed by atoms with van der Waals surface area (Å²) in [6.45, 7) is 0.420. The van der Waals surface area contributed by atoms with Crippen molar-refractivity contribution >= 4 is 27.5 Å². The van der Waals surface area contributed by atoms with Gasteiger partial charge in [0.2, 0.25) is 0 Å². The van der Waals surface area contributed by atoms with Crippen molar-refractivity contribution in [3.63, 3.8) is 0 Å². The molecule has 0 saturated carbocycles. The van der Waals surface area contributed by atoms with Gasteiger partial charge in [-0.1, -0.05) is 39.7 Å². The Labute approximate surface area is 125 Å². The van der Waals surface area contributed by atoms with Crippen LogP contribution in [0.25, 0.3) is 0 Å². The van der Waals surface area contributed by atoms with Crippen LogP contribution in [0.1, 0.15) is 5.56 Å². The molecule has 0 atom stereocenters. The Balaban J connectivity index is 2.40. The van der Waals surface area contributed by atoms with Crippen molar-refractivity contribution in [2.45, 2.75) is 6.54 Å². The first-order valence-corrected chi connectivity index (χ1v) is 6.81. The lowest BCUT2D eigenvalue weighted by Gasteiger charge is -2.13. The average molecular weight is 343 g/mol. The third-order valence-corrected chi connectivity index (χ3v) is 3.66. The first-order chi connectivity index (χ1) is 9.15. The first-order valence-electron chi connectivity index (χ1n) is 5.64. The van der Waals surface area contributed by atoms with E-state index in [1.807, 2.05) is 24.3 Å². The fraction of sp³-hybridized carbons (Fsp3) is 0.143. The van der Waals surface area contributed by atoms with Gasteiger partial charge in [-0.3, -0.25) is 0 Å². The Morgan fingerprint density at radius 2 is 1.89 bits per heavy atom. The third-order valence-electron chi connectivity index (χ3n) is 2.61. The molecule has 0 amide bonds. The van der Waals surface area contributed by atoms with Crippen molar-refractivity contribution in [3.05, 3.63) is 51.5 Å². The minimum Gasteiger partial charge on any atom is -0.493 e. The number of rotatable bonds is 4. The highest BCUT2D eigenvalue weighted by Gasteiger charge is 2.11. The summed E-state index contributed by atoms with van der Waals surface area (Å²) in [6, 6.07) is 10.9. The van der Waals surface area contributed by atoms with Gasteiger partial charge in [0, 0.05) is 11.0 Å². The van der Waals surface area contributed by atoms with Crippen LogP contribution in [0.15, 0.2) is 40.9 Å². The molecular formula is C14H13BrClNO2. The van der Waals surface area contributed by atoms with Crippen LogP contribution >= 0.6 is 27.5 Å². The number of ether oxygens (including phenoxy) is 2. The molecule has 0 spiro atoms. The van der Waals surface area contributed by atoms with E-state index in [1.165, 1.54) is 0 Å². The molecule has 2 aromatic carbocycles. The first kappa shape index (κ1) is 14.2. The predicted molar refractivity (Wildman–Crippen MR) is 80.1 cm³/mol. The van der Waals surface area contributed by atoms with Gasteiger partial charge in [-0.15, -0.1) is 0 Å². The summed E-state index contributed by atoms with van der Waals surface area (Å²) in [5.41, 5.74) is 6.60. The Kier molecular flexibility index (Phi) is 4.69. The zero-order valence-corrected chi connectivity index (χ0v) is 12.7. The summed E-state index contributed by atoms with van der Waals surface area (Å²) in [6.07, 6.45) is 0. The molecule has 0 aliphatic rings. The largest absolute Gasteiger partial charge is 0.493 e. The average Bonchev–Trinajstić information content (AvgIpc) is 2.42. The van der Waals surface area contributed by atoms with Gasteiger partial charge in [-0.25, -0.2) is 0 Å². The second-order valence-electron chi connectivity index (χ2n) is 3.83. The maximum absolute atomic E-state index is 6.07. The summed E-state index contributed by atoms with van der Waals surface area (Å²) in [5.74, 6) is 1.78. The van der Waals surface area contributed by atoms with Gasteiger partial charge in [-0.05, 0) is 29.8 Å². The molecule has 0 radical (unpaired) electrons. The molecule has 0 saturated heterocycles. The molecule has 0 bridgehead atoms. The molecule has 19 heavy (non-hydrogen) atoms. The van der Waals surface area contributed by atoms with E-state index in [4.69, 9.17) is 26.8 Å². The van der Waals surface area contributed by atoms with E-state index < -0.39 is 0 Å². The second-order valence-corrected chi connectivity index (χ2v) is 5.09. The highest BCUT2D eigenvalue weighted by molar-refractivity contribution is 9.10. The van der Waals surface area contributed by atoms with Crippen LogP contribution in [0, 0.1) is 0 Å². The molecule has 2 aromatic rings. The van der Waals surface area contributed by atoms with E-state index in [2.05, 4.69) is 15.9 Å². The van der Waals surface area contributed by atoms with Gasteiger partial charge in [-0.2, -0.15) is 0 Å². The lowest BCUT2D eigenvalue weighted by atomic mass is 10.2. The molecule has 100 valence electrons. The predicted octanol–water partition coefficient (Wildman–Crippen LogP) is 4.36. The molecule has 0 heterocycles. The van der Waals surface area contributed by atoms with Crippen molar-refractivity contribution in [2.24, 2.45) is 5.73 Å². The van der Waals surface area contributed by atoms with E-state index >= 15 is 0 Å². The topological polar surface area (TPSA) is 44.5 Å². The normalized spacial score (nSPS) is 10.3. The Bertz CT molecular complexity index is 590. The smallest absolute Gasteiger partial charge is 0.170 e. The minimum absolute atomic E-state index is 0.420. The van der Waals surface area contributed by atoms with Gasteiger partial charge in [0.25, 0.3) is 0 Å². The molecule has 0 aliphatic heterocycles. The van der Waals surface area contributed by atoms with E-state index in [0.29, 0.717) is 28.8 Å². The number of methoxy groups -OCH3 is 1. The number of hydrogen-bond donors (Lipinski definition) is 1. The maximum atomic E-state index is 6.07. The molecular weight excluding hydrogens is 330 g/mol. The summed E-state index contributed by atoms with van der Waals surface area (Å²) in [5, 5.41) is 0.545. The molecule has 0 unspecified atom stereocenters. The third kappa shape index (κ3) is 3.21. The number of benzene rings is 2. The van der Waals surface area contributed by atoms with Crippen molar-refractivity contribution in [1.29, 1.82) is 0 Å². The van der Waals surface area contributed by atoms with Crippen LogP contribution in [0.4, 0.5) is 0 Å². The SMILES string of the molecule is COc1cc(CN)c(Br)cc1Oc1ccccc1Cl. The van der Waals surface area contributed by atoms with Crippen LogP contribution in [0.2, 0.25) is 5.02 Å². The van der Waals surface area contributed by atoms with E-state index in [-0.39, 0.29) is 0 Å². The quantitative estimate of drug-likeness (QED) is 0.897. The fourth-order valence-electron chi connectivity index (χ4n) is 1.62. The summed E-state index contributed by atoms with van der Waals surface area (Å²) in [7, 11) is 1.59. The standard InChI is InChI=1S/C14H13BrClNO2/c1-18-13-6-9(8-17)10(15)7-14(13)19-12-5-3-2-4-11(12)16/h2-7H,8,17H2,1H3. The van der Waals surface area contributed by atoms with Gasteiger partial charge >= 0.3 is 0 Å². The van der Waals surface area contributed by atoms with Crippen LogP contribution in [-0.2, 0) is 6.54 Å². The van der Waals surface area contributed by atoms with Crippen molar-refractivity contribution in [1.82, 2.24) is 0 Å². The number of para-hydroxylation sites is 1. The lowest BCUT2D eigenvalue weighted by Crippen LogP contribution is -1.99. The van der Waals surface area contributed by atoms with Gasteiger partial charge in [0.15, 0.2) is 11.5 Å². The van der Waals surface area contributed by atoms with Crippen LogP contribution in [0.3, 0.4) is 0 Å². The Morgan fingerprint density at radius 3 is 2.53 bits per heavy atom. The van der Waals surface area contributed by atoms with Gasteiger partial charge < -0.3 is 15.2 Å². The van der Waals surface area contributed by atoms with E-state index in [0.717, 1.165) is 10.0 Å². The van der Waals surface area contributed by atoms with Gasteiger partial charge in [0.1, 0.15) is 5.75 Å². The van der Waals surface area contributed by atoms with Crippen LogP contribution in [-0.4, -0.2) is 7.11 Å². The maximum Gasteiger partial charge on any atom is 0.170 e. The Hall–Kier alpha value is -1.23. The molecule has 0 aliphatic carbocycles. The second kappa shape index (κ2) is 6.28. The zero-order valence-electron chi connectivity index (χ0n) is 10.3. The molecule has 3 nitrogen and oxygen atoms in total. The monoisotopic (exact) mass is 341 g/mol. The highest BCUT2D eigenvalue weighted by atomic mass is 79.9. The zero-order chi connectivity index (χ0) is 13.8. The molecule has 2 rings (SSSR count). The fourth-order valence-corrected chi connectivity index (χ4v) is 2.28. The van der Waals surface area contributed by atoms with Gasteiger partial charge in [0.05, 0.1) is 12.1 Å². The highest BCUT2D eigenvalue weighted by Crippen LogP contribution is 2.38. The minimum atomic E-state index is 0.420. The van der Waals surface area contributed by atoms with E-state index in [9.17, 15) is 0 Å². The van der Waals surface area contributed by atoms with E-state index in [1.54, 1.807) is 19.2 Å². The van der Waals surface area contributed by atoms with Crippen LogP contribution < -0.4 is 15.2 Å². The molecule has 2 N–H and O–H groups in total. The molecule has 0 fully saturated rings. The summed E-state index contributed by atoms with van der Waals surface area (Å²) >= 11 is 9.52. The van der Waals surface area contributed by atoms with Crippen molar-refractivity contribution < 1.29 is 9.47 Å². The number of nitrogens with two attached hydrogens (primary N) is 1. The van der Waals surface area contributed by atoms with Crippen molar-refractivity contribution in [2.75, 3.05) is 7.11 Å². The lowest BCUT2D eigenvalue weighted by molar-refractivity contribution is 0.378. The van der Waals surface area contributed by atoms with Crippen molar-refractivity contribution in [3.8, 4) is 17.2 Å².